The van der Waals surface area contributed by atoms with Crippen molar-refractivity contribution in [2.75, 3.05) is 6.54 Å². The monoisotopic (exact) mass is 336 g/mol. The van der Waals surface area contributed by atoms with Crippen LogP contribution in [0.3, 0.4) is 0 Å². The number of carbonyl (C=O) groups excluding carboxylic acids is 1. The number of amides is 1. The second kappa shape index (κ2) is 5.99. The molecule has 0 aliphatic heterocycles. The van der Waals surface area contributed by atoms with Gasteiger partial charge in [-0.1, -0.05) is 15.9 Å². The highest BCUT2D eigenvalue weighted by atomic mass is 79.9. The number of hydrogen-bond acceptors (Lipinski definition) is 2. The maximum atomic E-state index is 13.5. The number of benzene rings is 1. The Morgan fingerprint density at radius 2 is 2.17 bits per heavy atom. The van der Waals surface area contributed by atoms with Crippen LogP contribution in [0.1, 0.15) is 29.6 Å². The number of carbonyl (C=O) groups is 1. The molecule has 6 heteroatoms. The van der Waals surface area contributed by atoms with Gasteiger partial charge in [-0.3, -0.25) is 4.79 Å². The van der Waals surface area contributed by atoms with E-state index >= 15 is 0 Å². The van der Waals surface area contributed by atoms with Crippen molar-refractivity contribution in [1.82, 2.24) is 5.32 Å². The van der Waals surface area contributed by atoms with Crippen LogP contribution in [0.2, 0.25) is 0 Å². The molecule has 18 heavy (non-hydrogen) atoms. The van der Waals surface area contributed by atoms with Gasteiger partial charge in [0.1, 0.15) is 5.82 Å². The van der Waals surface area contributed by atoms with E-state index in [1.165, 1.54) is 12.1 Å². The largest absolute Gasteiger partial charge is 0.350 e. The van der Waals surface area contributed by atoms with Crippen LogP contribution in [-0.2, 0) is 0 Å². The number of rotatable bonds is 3. The second-order valence-corrected chi connectivity index (χ2v) is 5.44. The average molecular weight is 338 g/mol. The molecular formula is C12H15BrClFN2O. The minimum absolute atomic E-state index is 0. The van der Waals surface area contributed by atoms with Gasteiger partial charge in [0.05, 0.1) is 5.56 Å². The SMILES string of the molecule is Cl.NC1(CNC(=O)c2ccc(Br)cc2F)CCC1. The third kappa shape index (κ3) is 3.43. The van der Waals surface area contributed by atoms with Crippen LogP contribution in [0.4, 0.5) is 4.39 Å². The predicted molar refractivity (Wildman–Crippen MR) is 74.5 cm³/mol. The summed E-state index contributed by atoms with van der Waals surface area (Å²) in [7, 11) is 0. The van der Waals surface area contributed by atoms with Crippen LogP contribution in [0.15, 0.2) is 22.7 Å². The standard InChI is InChI=1S/C12H14BrFN2O.ClH/c13-8-2-3-9(10(14)6-8)11(17)16-7-12(15)4-1-5-12;/h2-3,6H,1,4-5,7,15H2,(H,16,17);1H. The molecule has 1 aliphatic carbocycles. The lowest BCUT2D eigenvalue weighted by atomic mass is 9.78. The van der Waals surface area contributed by atoms with E-state index < -0.39 is 11.7 Å². The van der Waals surface area contributed by atoms with Crippen molar-refractivity contribution in [1.29, 1.82) is 0 Å². The molecule has 100 valence electrons. The molecule has 1 fully saturated rings. The summed E-state index contributed by atoms with van der Waals surface area (Å²) in [6, 6.07) is 4.37. The van der Waals surface area contributed by atoms with E-state index in [-0.39, 0.29) is 23.5 Å². The van der Waals surface area contributed by atoms with Crippen LogP contribution in [0, 0.1) is 5.82 Å². The lowest BCUT2D eigenvalue weighted by Gasteiger charge is -2.38. The Kier molecular flexibility index (Phi) is 5.13. The fourth-order valence-corrected chi connectivity index (χ4v) is 2.17. The van der Waals surface area contributed by atoms with Gasteiger partial charge in [-0.2, -0.15) is 0 Å². The molecule has 0 unspecified atom stereocenters. The van der Waals surface area contributed by atoms with E-state index in [0.29, 0.717) is 11.0 Å². The molecule has 2 rings (SSSR count). The summed E-state index contributed by atoms with van der Waals surface area (Å²) in [5.41, 5.74) is 5.74. The molecule has 0 saturated heterocycles. The van der Waals surface area contributed by atoms with Crippen molar-refractivity contribution < 1.29 is 9.18 Å². The average Bonchev–Trinajstić information content (AvgIpc) is 2.23. The van der Waals surface area contributed by atoms with Crippen molar-refractivity contribution in [2.45, 2.75) is 24.8 Å². The molecule has 0 spiro atoms. The molecule has 1 amide bonds. The van der Waals surface area contributed by atoms with Gasteiger partial charge in [0.2, 0.25) is 0 Å². The summed E-state index contributed by atoms with van der Waals surface area (Å²) in [5.74, 6) is -0.941. The Labute approximate surface area is 120 Å². The van der Waals surface area contributed by atoms with Crippen molar-refractivity contribution in [3.8, 4) is 0 Å². The molecule has 0 radical (unpaired) electrons. The Morgan fingerprint density at radius 3 is 2.67 bits per heavy atom. The lowest BCUT2D eigenvalue weighted by Crippen LogP contribution is -2.55. The highest BCUT2D eigenvalue weighted by Gasteiger charge is 2.32. The zero-order valence-corrected chi connectivity index (χ0v) is 12.1. The van der Waals surface area contributed by atoms with E-state index in [4.69, 9.17) is 5.73 Å². The van der Waals surface area contributed by atoms with Crippen molar-refractivity contribution in [3.63, 3.8) is 0 Å². The fraction of sp³-hybridized carbons (Fsp3) is 0.417. The third-order valence-electron chi connectivity index (χ3n) is 3.13. The van der Waals surface area contributed by atoms with E-state index in [9.17, 15) is 9.18 Å². The van der Waals surface area contributed by atoms with Gasteiger partial charge in [-0.05, 0) is 37.5 Å². The topological polar surface area (TPSA) is 55.1 Å². The van der Waals surface area contributed by atoms with Gasteiger partial charge >= 0.3 is 0 Å². The Hall–Kier alpha value is -0.650. The predicted octanol–water partition coefficient (Wildman–Crippen LogP) is 2.62. The molecule has 1 aromatic carbocycles. The molecule has 0 heterocycles. The summed E-state index contributed by atoms with van der Waals surface area (Å²) in [4.78, 5) is 11.7. The molecule has 1 aromatic rings. The summed E-state index contributed by atoms with van der Waals surface area (Å²) in [6.07, 6.45) is 2.92. The Balaban J connectivity index is 0.00000162. The minimum atomic E-state index is -0.531. The first-order chi connectivity index (χ1) is 8.00. The zero-order chi connectivity index (χ0) is 12.5. The van der Waals surface area contributed by atoms with E-state index in [0.717, 1.165) is 19.3 Å². The molecule has 1 saturated carbocycles. The van der Waals surface area contributed by atoms with Gasteiger partial charge < -0.3 is 11.1 Å². The first kappa shape index (κ1) is 15.4. The van der Waals surface area contributed by atoms with Crippen molar-refractivity contribution in [3.05, 3.63) is 34.1 Å². The van der Waals surface area contributed by atoms with Crippen LogP contribution in [0.25, 0.3) is 0 Å². The highest BCUT2D eigenvalue weighted by molar-refractivity contribution is 9.10. The highest BCUT2D eigenvalue weighted by Crippen LogP contribution is 2.28. The first-order valence-corrected chi connectivity index (χ1v) is 6.32. The number of nitrogens with one attached hydrogen (secondary N) is 1. The quantitative estimate of drug-likeness (QED) is 0.891. The molecule has 1 aliphatic rings. The normalized spacial score (nSPS) is 16.4. The van der Waals surface area contributed by atoms with Crippen molar-refractivity contribution in [2.24, 2.45) is 5.73 Å². The van der Waals surface area contributed by atoms with Gasteiger partial charge in [-0.25, -0.2) is 4.39 Å². The minimum Gasteiger partial charge on any atom is -0.350 e. The van der Waals surface area contributed by atoms with Crippen LogP contribution < -0.4 is 11.1 Å². The summed E-state index contributed by atoms with van der Waals surface area (Å²) in [6.45, 7) is 0.404. The van der Waals surface area contributed by atoms with E-state index in [1.54, 1.807) is 6.07 Å². The van der Waals surface area contributed by atoms with Gasteiger partial charge in [0.15, 0.2) is 0 Å². The van der Waals surface area contributed by atoms with E-state index in [1.807, 2.05) is 0 Å². The zero-order valence-electron chi connectivity index (χ0n) is 9.71. The number of nitrogens with two attached hydrogens (primary N) is 1. The van der Waals surface area contributed by atoms with Gasteiger partial charge in [0.25, 0.3) is 5.91 Å². The Bertz CT molecular complexity index is 452. The number of hydrogen-bond donors (Lipinski definition) is 2. The molecule has 0 aromatic heterocycles. The molecular weight excluding hydrogens is 323 g/mol. The van der Waals surface area contributed by atoms with Crippen molar-refractivity contribution >= 4 is 34.2 Å². The maximum Gasteiger partial charge on any atom is 0.254 e. The van der Waals surface area contributed by atoms with Crippen LogP contribution in [0.5, 0.6) is 0 Å². The summed E-state index contributed by atoms with van der Waals surface area (Å²) >= 11 is 3.14. The molecule has 3 N–H and O–H groups in total. The first-order valence-electron chi connectivity index (χ1n) is 5.52. The van der Waals surface area contributed by atoms with Gasteiger partial charge in [0, 0.05) is 16.6 Å². The maximum absolute atomic E-state index is 13.5. The fourth-order valence-electron chi connectivity index (χ4n) is 1.83. The molecule has 0 bridgehead atoms. The van der Waals surface area contributed by atoms with Crippen LogP contribution >= 0.6 is 28.3 Å². The smallest absolute Gasteiger partial charge is 0.254 e. The van der Waals surface area contributed by atoms with E-state index in [2.05, 4.69) is 21.2 Å². The van der Waals surface area contributed by atoms with Crippen LogP contribution in [-0.4, -0.2) is 18.0 Å². The third-order valence-corrected chi connectivity index (χ3v) is 3.62. The molecule has 3 nitrogen and oxygen atoms in total. The Morgan fingerprint density at radius 1 is 1.50 bits per heavy atom. The number of halogens is 3. The molecule has 0 atom stereocenters. The second-order valence-electron chi connectivity index (χ2n) is 4.52. The summed E-state index contributed by atoms with van der Waals surface area (Å²) in [5, 5.41) is 2.68. The lowest BCUT2D eigenvalue weighted by molar-refractivity contribution is 0.0925. The van der Waals surface area contributed by atoms with Gasteiger partial charge in [-0.15, -0.1) is 12.4 Å². The summed E-state index contributed by atoms with van der Waals surface area (Å²) < 4.78 is 14.1.